The van der Waals surface area contributed by atoms with Gasteiger partial charge in [0, 0.05) is 18.0 Å². The van der Waals surface area contributed by atoms with E-state index in [-0.39, 0.29) is 5.91 Å². The molecule has 0 saturated carbocycles. The van der Waals surface area contributed by atoms with Gasteiger partial charge in [-0.05, 0) is 30.9 Å². The molecule has 1 amide bonds. The van der Waals surface area contributed by atoms with Gasteiger partial charge in [0.2, 0.25) is 0 Å². The van der Waals surface area contributed by atoms with Crippen molar-refractivity contribution >= 4 is 39.3 Å². The molecule has 0 unspecified atom stereocenters. The molecule has 0 radical (unpaired) electrons. The van der Waals surface area contributed by atoms with Crippen LogP contribution >= 0.6 is 22.7 Å². The Balaban J connectivity index is 1.90. The fraction of sp³-hybridized carbons (Fsp3) is 0.308. The first kappa shape index (κ1) is 13.9. The van der Waals surface area contributed by atoms with Gasteiger partial charge in [-0.25, -0.2) is 0 Å². The Morgan fingerprint density at radius 1 is 1.47 bits per heavy atom. The lowest BCUT2D eigenvalue weighted by Crippen LogP contribution is -2.22. The molecule has 2 rings (SSSR count). The molecule has 0 spiro atoms. The summed E-state index contributed by atoms with van der Waals surface area (Å²) in [7, 11) is 0. The molecule has 0 saturated heterocycles. The maximum atomic E-state index is 11.7. The van der Waals surface area contributed by atoms with Gasteiger partial charge in [-0.3, -0.25) is 4.79 Å². The number of hydrogen-bond acceptors (Lipinski definition) is 5. The number of carbonyl (C=O) groups excluding carboxylic acids is 1. The fourth-order valence-electron chi connectivity index (χ4n) is 1.67. The summed E-state index contributed by atoms with van der Waals surface area (Å²) in [5.74, 6) is -0.101. The van der Waals surface area contributed by atoms with Crippen molar-refractivity contribution in [2.24, 2.45) is 0 Å². The highest BCUT2D eigenvalue weighted by atomic mass is 32.1. The summed E-state index contributed by atoms with van der Waals surface area (Å²) in [5.41, 5.74) is 6.39. The number of nitrogens with one attached hydrogen (secondary N) is 2. The standard InChI is InChI=1S/C13H17N3OS2/c1-2-15-13(17)12-10(14)8-11(19-12)16-6-5-9-4-3-7-18-9/h3-4,7-8,16H,2,5-6,14H2,1H3,(H,15,17). The van der Waals surface area contributed by atoms with Gasteiger partial charge in [0.15, 0.2) is 0 Å². The van der Waals surface area contributed by atoms with Crippen LogP contribution in [0.5, 0.6) is 0 Å². The van der Waals surface area contributed by atoms with Crippen LogP contribution in [0, 0.1) is 0 Å². The van der Waals surface area contributed by atoms with Crippen LogP contribution in [0.2, 0.25) is 0 Å². The van der Waals surface area contributed by atoms with Crippen molar-refractivity contribution in [3.8, 4) is 0 Å². The van der Waals surface area contributed by atoms with Gasteiger partial charge in [-0.2, -0.15) is 0 Å². The minimum Gasteiger partial charge on any atom is -0.397 e. The molecule has 6 heteroatoms. The number of nitrogens with two attached hydrogens (primary N) is 1. The number of thiophene rings is 2. The van der Waals surface area contributed by atoms with Gasteiger partial charge in [0.25, 0.3) is 5.91 Å². The fourth-order valence-corrected chi connectivity index (χ4v) is 3.30. The van der Waals surface area contributed by atoms with Crippen LogP contribution < -0.4 is 16.4 Å². The van der Waals surface area contributed by atoms with Crippen LogP contribution in [0.15, 0.2) is 23.6 Å². The molecule has 2 aromatic rings. The molecule has 0 aromatic carbocycles. The van der Waals surface area contributed by atoms with Gasteiger partial charge in [0.1, 0.15) is 4.88 Å². The predicted octanol–water partition coefficient (Wildman–Crippen LogP) is 2.80. The van der Waals surface area contributed by atoms with Crippen molar-refractivity contribution in [1.29, 1.82) is 0 Å². The Kier molecular flexibility index (Phi) is 4.81. The molecule has 2 heterocycles. The molecule has 102 valence electrons. The maximum Gasteiger partial charge on any atom is 0.263 e. The van der Waals surface area contributed by atoms with Gasteiger partial charge < -0.3 is 16.4 Å². The summed E-state index contributed by atoms with van der Waals surface area (Å²) in [6.07, 6.45) is 0.978. The molecule has 4 nitrogen and oxygen atoms in total. The van der Waals surface area contributed by atoms with Crippen molar-refractivity contribution in [2.45, 2.75) is 13.3 Å². The highest BCUT2D eigenvalue weighted by Gasteiger charge is 2.13. The second-order valence-electron chi connectivity index (χ2n) is 4.01. The third-order valence-corrected chi connectivity index (χ3v) is 4.60. The number of anilines is 2. The van der Waals surface area contributed by atoms with Crippen molar-refractivity contribution in [1.82, 2.24) is 5.32 Å². The van der Waals surface area contributed by atoms with E-state index < -0.39 is 0 Å². The van der Waals surface area contributed by atoms with E-state index in [2.05, 4.69) is 28.1 Å². The highest BCUT2D eigenvalue weighted by Crippen LogP contribution is 2.29. The predicted molar refractivity (Wildman–Crippen MR) is 83.3 cm³/mol. The number of nitrogen functional groups attached to an aromatic ring is 1. The third-order valence-electron chi connectivity index (χ3n) is 2.56. The van der Waals surface area contributed by atoms with E-state index in [1.807, 2.05) is 13.0 Å². The van der Waals surface area contributed by atoms with Crippen LogP contribution in [-0.2, 0) is 6.42 Å². The second-order valence-corrected chi connectivity index (χ2v) is 6.10. The van der Waals surface area contributed by atoms with E-state index in [1.54, 1.807) is 11.3 Å². The molecule has 2 aromatic heterocycles. The molecule has 0 atom stereocenters. The average molecular weight is 295 g/mol. The Bertz CT molecular complexity index is 534. The molecule has 0 aliphatic carbocycles. The zero-order chi connectivity index (χ0) is 13.7. The topological polar surface area (TPSA) is 67.2 Å². The summed E-state index contributed by atoms with van der Waals surface area (Å²) in [5, 5.41) is 9.08. The molecule has 0 fully saturated rings. The summed E-state index contributed by atoms with van der Waals surface area (Å²) >= 11 is 3.15. The van der Waals surface area contributed by atoms with E-state index in [0.717, 1.165) is 18.0 Å². The van der Waals surface area contributed by atoms with E-state index in [9.17, 15) is 4.79 Å². The maximum absolute atomic E-state index is 11.7. The normalized spacial score (nSPS) is 10.4. The smallest absolute Gasteiger partial charge is 0.263 e. The van der Waals surface area contributed by atoms with Gasteiger partial charge in [-0.1, -0.05) is 6.07 Å². The quantitative estimate of drug-likeness (QED) is 0.767. The number of carbonyl (C=O) groups is 1. The van der Waals surface area contributed by atoms with Gasteiger partial charge >= 0.3 is 0 Å². The van der Waals surface area contributed by atoms with Crippen LogP contribution in [0.25, 0.3) is 0 Å². The molecular formula is C13H17N3OS2. The molecule has 4 N–H and O–H groups in total. The molecule has 0 aliphatic rings. The van der Waals surface area contributed by atoms with Gasteiger partial charge in [0.05, 0.1) is 10.7 Å². The van der Waals surface area contributed by atoms with Crippen LogP contribution in [-0.4, -0.2) is 19.0 Å². The number of rotatable bonds is 6. The number of hydrogen-bond donors (Lipinski definition) is 3. The first-order valence-corrected chi connectivity index (χ1v) is 7.84. The molecule has 19 heavy (non-hydrogen) atoms. The zero-order valence-corrected chi connectivity index (χ0v) is 12.4. The van der Waals surface area contributed by atoms with Crippen LogP contribution in [0.1, 0.15) is 21.5 Å². The van der Waals surface area contributed by atoms with Crippen molar-refractivity contribution in [2.75, 3.05) is 24.1 Å². The Morgan fingerprint density at radius 2 is 2.32 bits per heavy atom. The minimum atomic E-state index is -0.101. The van der Waals surface area contributed by atoms with E-state index >= 15 is 0 Å². The Labute approximate surface area is 120 Å². The lowest BCUT2D eigenvalue weighted by atomic mass is 10.3. The van der Waals surface area contributed by atoms with E-state index in [1.165, 1.54) is 16.2 Å². The molecule has 0 bridgehead atoms. The Morgan fingerprint density at radius 3 is 3.00 bits per heavy atom. The first-order valence-electron chi connectivity index (χ1n) is 6.14. The van der Waals surface area contributed by atoms with Crippen LogP contribution in [0.3, 0.4) is 0 Å². The lowest BCUT2D eigenvalue weighted by Gasteiger charge is -2.01. The van der Waals surface area contributed by atoms with E-state index in [4.69, 9.17) is 5.73 Å². The summed E-state index contributed by atoms with van der Waals surface area (Å²) in [6.45, 7) is 3.34. The SMILES string of the molecule is CCNC(=O)c1sc(NCCc2cccs2)cc1N. The highest BCUT2D eigenvalue weighted by molar-refractivity contribution is 7.18. The van der Waals surface area contributed by atoms with Gasteiger partial charge in [-0.15, -0.1) is 22.7 Å². The zero-order valence-electron chi connectivity index (χ0n) is 10.7. The van der Waals surface area contributed by atoms with Crippen molar-refractivity contribution in [3.63, 3.8) is 0 Å². The second kappa shape index (κ2) is 6.58. The third kappa shape index (κ3) is 3.71. The minimum absolute atomic E-state index is 0.101. The Hall–Kier alpha value is -1.53. The first-order chi connectivity index (χ1) is 9.20. The van der Waals surface area contributed by atoms with Crippen LogP contribution in [0.4, 0.5) is 10.7 Å². The monoisotopic (exact) mass is 295 g/mol. The summed E-state index contributed by atoms with van der Waals surface area (Å²) < 4.78 is 0. The molecular weight excluding hydrogens is 278 g/mol. The van der Waals surface area contributed by atoms with Crippen molar-refractivity contribution in [3.05, 3.63) is 33.3 Å². The number of amides is 1. The lowest BCUT2D eigenvalue weighted by molar-refractivity contribution is 0.0960. The average Bonchev–Trinajstić information content (AvgIpc) is 2.99. The molecule has 0 aliphatic heterocycles. The van der Waals surface area contributed by atoms with Crippen molar-refractivity contribution < 1.29 is 4.79 Å². The largest absolute Gasteiger partial charge is 0.397 e. The summed E-state index contributed by atoms with van der Waals surface area (Å²) in [4.78, 5) is 13.7. The van der Waals surface area contributed by atoms with E-state index in [0.29, 0.717) is 17.1 Å². The summed E-state index contributed by atoms with van der Waals surface area (Å²) in [6, 6.07) is 6.00.